The van der Waals surface area contributed by atoms with Crippen LogP contribution in [0.15, 0.2) is 23.8 Å². The maximum Gasteiger partial charge on any atom is 0.217 e. The Labute approximate surface area is 164 Å². The summed E-state index contributed by atoms with van der Waals surface area (Å²) < 4.78 is 0. The molecule has 2 aliphatic rings. The van der Waals surface area contributed by atoms with Gasteiger partial charge in [0.2, 0.25) is 5.91 Å². The van der Waals surface area contributed by atoms with E-state index in [9.17, 15) is 15.0 Å². The zero-order valence-corrected chi connectivity index (χ0v) is 17.1. The number of carbonyl (C=O) groups is 1. The molecule has 6 atom stereocenters. The molecule has 0 aromatic carbocycles. The van der Waals surface area contributed by atoms with Crippen molar-refractivity contribution in [1.29, 1.82) is 0 Å². The van der Waals surface area contributed by atoms with Crippen LogP contribution in [0.5, 0.6) is 0 Å². The number of amides is 1. The fraction of sp³-hybridized carbons (Fsp3) is 0.783. The zero-order valence-electron chi connectivity index (χ0n) is 17.1. The minimum Gasteiger partial charge on any atom is -0.392 e. The van der Waals surface area contributed by atoms with E-state index in [1.54, 1.807) is 0 Å². The number of aliphatic hydroxyl groups excluding tert-OH is 2. The average Bonchev–Trinajstić information content (AvgIpc) is 3.11. The Bertz CT molecular complexity index is 528. The van der Waals surface area contributed by atoms with E-state index >= 15 is 0 Å². The standard InChI is InChI=1S/C23H39NO3/c1-3-4-7-16(2)12-19(25)10-11-20-21-14-17(8-5-6-9-23(24)27)13-18(21)15-22(20)26/h10-11,13,16,18-22,25-26H,3-9,12,14-15H2,1-2H3,(H2,24,27)/t16-,18+,19-,20-,21+,22-/m1/s1. The zero-order chi connectivity index (χ0) is 19.8. The van der Waals surface area contributed by atoms with Gasteiger partial charge in [0.05, 0.1) is 12.2 Å². The first kappa shape index (κ1) is 22.2. The molecule has 154 valence electrons. The van der Waals surface area contributed by atoms with Crippen LogP contribution in [-0.4, -0.2) is 28.3 Å². The summed E-state index contributed by atoms with van der Waals surface area (Å²) in [5.41, 5.74) is 6.66. The van der Waals surface area contributed by atoms with Crippen molar-refractivity contribution in [3.05, 3.63) is 23.8 Å². The molecule has 0 bridgehead atoms. The van der Waals surface area contributed by atoms with Crippen LogP contribution in [0.4, 0.5) is 0 Å². The molecule has 4 N–H and O–H groups in total. The van der Waals surface area contributed by atoms with E-state index in [1.807, 2.05) is 6.08 Å². The minimum absolute atomic E-state index is 0.148. The maximum atomic E-state index is 10.8. The van der Waals surface area contributed by atoms with Crippen LogP contribution in [0.2, 0.25) is 0 Å². The summed E-state index contributed by atoms with van der Waals surface area (Å²) in [4.78, 5) is 10.8. The van der Waals surface area contributed by atoms with E-state index in [0.717, 1.165) is 38.5 Å². The molecule has 1 fully saturated rings. The van der Waals surface area contributed by atoms with Gasteiger partial charge in [-0.3, -0.25) is 4.79 Å². The molecular weight excluding hydrogens is 338 g/mol. The minimum atomic E-state index is -0.411. The lowest BCUT2D eigenvalue weighted by atomic mass is 9.88. The van der Waals surface area contributed by atoms with E-state index in [0.29, 0.717) is 24.2 Å². The molecular formula is C23H39NO3. The monoisotopic (exact) mass is 377 g/mol. The quantitative estimate of drug-likeness (QED) is 0.353. The smallest absolute Gasteiger partial charge is 0.217 e. The second-order valence-corrected chi connectivity index (χ2v) is 8.85. The van der Waals surface area contributed by atoms with E-state index in [4.69, 9.17) is 5.73 Å². The van der Waals surface area contributed by atoms with Crippen LogP contribution < -0.4 is 5.73 Å². The molecule has 2 rings (SSSR count). The van der Waals surface area contributed by atoms with Crippen molar-refractivity contribution < 1.29 is 15.0 Å². The first-order valence-corrected chi connectivity index (χ1v) is 10.9. The van der Waals surface area contributed by atoms with Crippen molar-refractivity contribution in [3.63, 3.8) is 0 Å². The lowest BCUT2D eigenvalue weighted by molar-refractivity contribution is -0.118. The Morgan fingerprint density at radius 1 is 1.37 bits per heavy atom. The first-order valence-electron chi connectivity index (χ1n) is 10.9. The molecule has 4 nitrogen and oxygen atoms in total. The predicted molar refractivity (Wildman–Crippen MR) is 110 cm³/mol. The highest BCUT2D eigenvalue weighted by molar-refractivity contribution is 5.73. The van der Waals surface area contributed by atoms with Crippen molar-refractivity contribution in [2.75, 3.05) is 0 Å². The highest BCUT2D eigenvalue weighted by Gasteiger charge is 2.43. The molecule has 0 aromatic rings. The molecule has 0 aliphatic heterocycles. The third-order valence-corrected chi connectivity index (χ3v) is 6.37. The normalized spacial score (nSPS) is 29.7. The van der Waals surface area contributed by atoms with Crippen molar-refractivity contribution >= 4 is 5.91 Å². The molecule has 1 amide bonds. The van der Waals surface area contributed by atoms with Crippen molar-refractivity contribution in [2.45, 2.75) is 90.3 Å². The summed E-state index contributed by atoms with van der Waals surface area (Å²) in [7, 11) is 0. The number of carbonyl (C=O) groups excluding carboxylic acids is 1. The molecule has 0 unspecified atom stereocenters. The van der Waals surface area contributed by atoms with Crippen molar-refractivity contribution in [3.8, 4) is 0 Å². The van der Waals surface area contributed by atoms with Crippen LogP contribution >= 0.6 is 0 Å². The van der Waals surface area contributed by atoms with Gasteiger partial charge >= 0.3 is 0 Å². The third kappa shape index (κ3) is 7.08. The predicted octanol–water partition coefficient (Wildman–Crippen LogP) is 4.11. The van der Waals surface area contributed by atoms with Gasteiger partial charge in [0.15, 0.2) is 0 Å². The fourth-order valence-electron chi connectivity index (χ4n) is 4.86. The summed E-state index contributed by atoms with van der Waals surface area (Å²) in [6, 6.07) is 0. The number of fused-ring (bicyclic) bond motifs is 1. The number of primary amides is 1. The lowest BCUT2D eigenvalue weighted by Gasteiger charge is -2.19. The van der Waals surface area contributed by atoms with Gasteiger partial charge in [-0.25, -0.2) is 0 Å². The Balaban J connectivity index is 1.79. The summed E-state index contributed by atoms with van der Waals surface area (Å²) in [5, 5.41) is 20.8. The second kappa shape index (κ2) is 11.0. The van der Waals surface area contributed by atoms with Crippen LogP contribution in [0, 0.1) is 23.7 Å². The van der Waals surface area contributed by atoms with E-state index < -0.39 is 6.10 Å². The first-order chi connectivity index (χ1) is 12.9. The Morgan fingerprint density at radius 2 is 2.15 bits per heavy atom. The van der Waals surface area contributed by atoms with Gasteiger partial charge < -0.3 is 15.9 Å². The van der Waals surface area contributed by atoms with Gasteiger partial charge in [-0.1, -0.05) is 56.9 Å². The van der Waals surface area contributed by atoms with Gasteiger partial charge in [0, 0.05) is 12.3 Å². The SMILES string of the molecule is CCCC[C@@H](C)C[C@H](O)C=C[C@@H]1[C@H]2CC(CCCCC(N)=O)=C[C@H]2C[C@H]1O. The van der Waals surface area contributed by atoms with E-state index in [2.05, 4.69) is 26.0 Å². The van der Waals surface area contributed by atoms with Gasteiger partial charge in [0.1, 0.15) is 0 Å². The number of aliphatic hydroxyl groups is 2. The average molecular weight is 378 g/mol. The number of hydrogen-bond donors (Lipinski definition) is 3. The topological polar surface area (TPSA) is 83.5 Å². The molecule has 2 aliphatic carbocycles. The largest absolute Gasteiger partial charge is 0.392 e. The Morgan fingerprint density at radius 3 is 2.85 bits per heavy atom. The number of nitrogens with two attached hydrogens (primary N) is 1. The van der Waals surface area contributed by atoms with E-state index in [1.165, 1.54) is 24.8 Å². The second-order valence-electron chi connectivity index (χ2n) is 8.85. The molecule has 1 saturated carbocycles. The van der Waals surface area contributed by atoms with Crippen LogP contribution in [0.3, 0.4) is 0 Å². The third-order valence-electron chi connectivity index (χ3n) is 6.37. The number of unbranched alkanes of at least 4 members (excludes halogenated alkanes) is 2. The molecule has 27 heavy (non-hydrogen) atoms. The number of rotatable bonds is 12. The highest BCUT2D eigenvalue weighted by Crippen LogP contribution is 2.48. The summed E-state index contributed by atoms with van der Waals surface area (Å²) in [6.07, 6.45) is 15.3. The number of allylic oxidation sites excluding steroid dienone is 2. The van der Waals surface area contributed by atoms with E-state index in [-0.39, 0.29) is 17.9 Å². The van der Waals surface area contributed by atoms with Gasteiger partial charge in [0.25, 0.3) is 0 Å². The molecule has 0 spiro atoms. The summed E-state index contributed by atoms with van der Waals surface area (Å²) in [5.74, 6) is 1.39. The molecule has 0 saturated heterocycles. The molecule has 0 aromatic heterocycles. The summed E-state index contributed by atoms with van der Waals surface area (Å²) >= 11 is 0. The summed E-state index contributed by atoms with van der Waals surface area (Å²) in [6.45, 7) is 4.40. The molecule has 4 heteroatoms. The van der Waals surface area contributed by atoms with Crippen LogP contribution in [0.25, 0.3) is 0 Å². The van der Waals surface area contributed by atoms with Crippen molar-refractivity contribution in [1.82, 2.24) is 0 Å². The van der Waals surface area contributed by atoms with Crippen LogP contribution in [-0.2, 0) is 4.79 Å². The maximum absolute atomic E-state index is 10.8. The molecule has 0 heterocycles. The number of hydrogen-bond acceptors (Lipinski definition) is 3. The lowest BCUT2D eigenvalue weighted by Crippen LogP contribution is -2.18. The van der Waals surface area contributed by atoms with Gasteiger partial charge in [-0.15, -0.1) is 0 Å². The Kier molecular flexibility index (Phi) is 9.04. The van der Waals surface area contributed by atoms with Gasteiger partial charge in [-0.05, 0) is 56.3 Å². The molecule has 0 radical (unpaired) electrons. The van der Waals surface area contributed by atoms with Gasteiger partial charge in [-0.2, -0.15) is 0 Å². The highest BCUT2D eigenvalue weighted by atomic mass is 16.3. The van der Waals surface area contributed by atoms with Crippen LogP contribution in [0.1, 0.15) is 78.1 Å². The fourth-order valence-corrected chi connectivity index (χ4v) is 4.86. The Hall–Kier alpha value is -1.13. The van der Waals surface area contributed by atoms with Crippen molar-refractivity contribution in [2.24, 2.45) is 29.4 Å².